The van der Waals surface area contributed by atoms with Gasteiger partial charge in [0.2, 0.25) is 0 Å². The van der Waals surface area contributed by atoms with Crippen molar-refractivity contribution in [3.05, 3.63) is 95.6 Å². The Morgan fingerprint density at radius 2 is 1.71 bits per heavy atom. The van der Waals surface area contributed by atoms with Crippen molar-refractivity contribution in [3.63, 3.8) is 0 Å². The summed E-state index contributed by atoms with van der Waals surface area (Å²) in [5, 5.41) is 0.909. The molecule has 0 unspecified atom stereocenters. The first-order chi connectivity index (χ1) is 16.4. The SMILES string of the molecule is COc1ccc(CN2CC=C(c3ccccc3)CC2)c2cc(-c3ccc(C(F)(F)F)cc3)oc12. The number of ether oxygens (including phenoxy) is 1. The number of benzene rings is 3. The highest BCUT2D eigenvalue weighted by atomic mass is 19.4. The average molecular weight is 463 g/mol. The molecule has 5 rings (SSSR count). The van der Waals surface area contributed by atoms with Crippen LogP contribution >= 0.6 is 0 Å². The van der Waals surface area contributed by atoms with Crippen LogP contribution in [0.1, 0.15) is 23.1 Å². The van der Waals surface area contributed by atoms with Crippen LogP contribution in [0.25, 0.3) is 27.9 Å². The summed E-state index contributed by atoms with van der Waals surface area (Å²) in [4.78, 5) is 2.37. The van der Waals surface area contributed by atoms with Gasteiger partial charge in [0.1, 0.15) is 5.76 Å². The van der Waals surface area contributed by atoms with Crippen LogP contribution in [0, 0.1) is 0 Å². The molecule has 1 aromatic heterocycles. The van der Waals surface area contributed by atoms with E-state index >= 15 is 0 Å². The van der Waals surface area contributed by atoms with Crippen molar-refractivity contribution >= 4 is 16.5 Å². The zero-order valence-electron chi connectivity index (χ0n) is 18.7. The van der Waals surface area contributed by atoms with Gasteiger partial charge in [-0.3, -0.25) is 4.90 Å². The zero-order chi connectivity index (χ0) is 23.7. The minimum atomic E-state index is -4.37. The minimum absolute atomic E-state index is 0.513. The van der Waals surface area contributed by atoms with Gasteiger partial charge in [-0.15, -0.1) is 0 Å². The van der Waals surface area contributed by atoms with Gasteiger partial charge < -0.3 is 9.15 Å². The molecule has 0 spiro atoms. The number of methoxy groups -OCH3 is 1. The summed E-state index contributed by atoms with van der Waals surface area (Å²) in [7, 11) is 1.58. The van der Waals surface area contributed by atoms with E-state index in [0.717, 1.165) is 49.1 Å². The predicted octanol–water partition coefficient (Wildman–Crippen LogP) is 7.42. The molecule has 0 saturated heterocycles. The molecule has 0 N–H and O–H groups in total. The minimum Gasteiger partial charge on any atom is -0.493 e. The standard InChI is InChI=1S/C28H24F3NO2/c1-33-25-12-9-22(18-32-15-13-20(14-16-32)19-5-3-2-4-6-19)24-17-26(34-27(24)25)21-7-10-23(11-8-21)28(29,30)31/h2-13,17H,14-16,18H2,1H3. The van der Waals surface area contributed by atoms with Crippen LogP contribution in [0.15, 0.2) is 83.3 Å². The van der Waals surface area contributed by atoms with Crippen molar-refractivity contribution in [1.29, 1.82) is 0 Å². The van der Waals surface area contributed by atoms with E-state index in [1.807, 2.05) is 24.3 Å². The van der Waals surface area contributed by atoms with E-state index in [-0.39, 0.29) is 0 Å². The van der Waals surface area contributed by atoms with Crippen molar-refractivity contribution in [1.82, 2.24) is 4.90 Å². The molecule has 4 aromatic rings. The second-order valence-electron chi connectivity index (χ2n) is 8.44. The molecule has 0 atom stereocenters. The fraction of sp³-hybridized carbons (Fsp3) is 0.214. The smallest absolute Gasteiger partial charge is 0.416 e. The Morgan fingerprint density at radius 3 is 2.35 bits per heavy atom. The van der Waals surface area contributed by atoms with Gasteiger partial charge >= 0.3 is 6.18 Å². The molecule has 2 heterocycles. The van der Waals surface area contributed by atoms with Gasteiger partial charge in [0.05, 0.1) is 12.7 Å². The van der Waals surface area contributed by atoms with Crippen molar-refractivity contribution in [2.45, 2.75) is 19.1 Å². The topological polar surface area (TPSA) is 25.6 Å². The van der Waals surface area contributed by atoms with Crippen LogP contribution in [-0.2, 0) is 12.7 Å². The molecule has 1 aliphatic heterocycles. The Bertz CT molecular complexity index is 1320. The number of fused-ring (bicyclic) bond motifs is 1. The van der Waals surface area contributed by atoms with E-state index in [2.05, 4.69) is 35.2 Å². The van der Waals surface area contributed by atoms with Crippen LogP contribution in [0.3, 0.4) is 0 Å². The van der Waals surface area contributed by atoms with E-state index in [1.165, 1.54) is 23.3 Å². The lowest BCUT2D eigenvalue weighted by molar-refractivity contribution is -0.137. The third-order valence-corrected chi connectivity index (χ3v) is 6.29. The lowest BCUT2D eigenvalue weighted by Crippen LogP contribution is -2.28. The molecule has 0 aliphatic carbocycles. The Hall–Kier alpha value is -3.51. The molecule has 174 valence electrons. The second kappa shape index (κ2) is 9.03. The van der Waals surface area contributed by atoms with Crippen molar-refractivity contribution in [2.75, 3.05) is 20.2 Å². The van der Waals surface area contributed by atoms with Gasteiger partial charge in [-0.2, -0.15) is 13.2 Å². The van der Waals surface area contributed by atoms with Crippen LogP contribution in [0.4, 0.5) is 13.2 Å². The number of hydrogen-bond donors (Lipinski definition) is 0. The highest BCUT2D eigenvalue weighted by molar-refractivity contribution is 5.90. The highest BCUT2D eigenvalue weighted by Crippen LogP contribution is 2.37. The summed E-state index contributed by atoms with van der Waals surface area (Å²) in [5.74, 6) is 1.11. The average Bonchev–Trinajstić information content (AvgIpc) is 3.31. The molecule has 6 heteroatoms. The van der Waals surface area contributed by atoms with Crippen LogP contribution < -0.4 is 4.74 Å². The molecule has 1 aliphatic rings. The second-order valence-corrected chi connectivity index (χ2v) is 8.44. The number of furan rings is 1. The highest BCUT2D eigenvalue weighted by Gasteiger charge is 2.30. The van der Waals surface area contributed by atoms with Crippen molar-refractivity contribution in [2.24, 2.45) is 0 Å². The van der Waals surface area contributed by atoms with Crippen LogP contribution in [-0.4, -0.2) is 25.1 Å². The molecule has 0 amide bonds. The molecular weight excluding hydrogens is 439 g/mol. The van der Waals surface area contributed by atoms with Gasteiger partial charge in [-0.25, -0.2) is 0 Å². The fourth-order valence-electron chi connectivity index (χ4n) is 4.43. The summed E-state index contributed by atoms with van der Waals surface area (Å²) in [6.45, 7) is 2.53. The maximum absolute atomic E-state index is 12.9. The molecule has 0 radical (unpaired) electrons. The van der Waals surface area contributed by atoms with E-state index in [1.54, 1.807) is 7.11 Å². The summed E-state index contributed by atoms with van der Waals surface area (Å²) in [6.07, 6.45) is -1.11. The molecule has 0 bridgehead atoms. The Morgan fingerprint density at radius 1 is 0.941 bits per heavy atom. The van der Waals surface area contributed by atoms with Crippen LogP contribution in [0.2, 0.25) is 0 Å². The number of hydrogen-bond acceptors (Lipinski definition) is 3. The third-order valence-electron chi connectivity index (χ3n) is 6.29. The van der Waals surface area contributed by atoms with Gasteiger partial charge in [0, 0.05) is 30.6 Å². The number of halogens is 3. The number of nitrogens with zero attached hydrogens (tertiary/aromatic N) is 1. The lowest BCUT2D eigenvalue weighted by Gasteiger charge is -2.26. The van der Waals surface area contributed by atoms with Gasteiger partial charge in [0.25, 0.3) is 0 Å². The molecule has 0 fully saturated rings. The molecule has 0 saturated carbocycles. The Labute approximate surface area is 196 Å². The summed E-state index contributed by atoms with van der Waals surface area (Å²) < 4.78 is 50.4. The van der Waals surface area contributed by atoms with Gasteiger partial charge in [-0.05, 0) is 47.4 Å². The Balaban J connectivity index is 1.41. The fourth-order valence-corrected chi connectivity index (χ4v) is 4.43. The number of alkyl halides is 3. The molecule has 34 heavy (non-hydrogen) atoms. The first kappa shape index (κ1) is 22.3. The normalized spacial score (nSPS) is 14.9. The van der Waals surface area contributed by atoms with E-state index in [0.29, 0.717) is 22.7 Å². The molecule has 3 aromatic carbocycles. The summed E-state index contributed by atoms with van der Waals surface area (Å²) in [6, 6.07) is 21.3. The third kappa shape index (κ3) is 4.46. The summed E-state index contributed by atoms with van der Waals surface area (Å²) >= 11 is 0. The van der Waals surface area contributed by atoms with Crippen molar-refractivity contribution in [3.8, 4) is 17.1 Å². The zero-order valence-corrected chi connectivity index (χ0v) is 18.7. The quantitative estimate of drug-likeness (QED) is 0.308. The molecular formula is C28H24F3NO2. The Kier molecular flexibility index (Phi) is 5.92. The summed E-state index contributed by atoms with van der Waals surface area (Å²) in [5.41, 5.74) is 4.24. The van der Waals surface area contributed by atoms with Crippen molar-refractivity contribution < 1.29 is 22.3 Å². The largest absolute Gasteiger partial charge is 0.493 e. The van der Waals surface area contributed by atoms with Gasteiger partial charge in [0.15, 0.2) is 11.3 Å². The maximum atomic E-state index is 12.9. The monoisotopic (exact) mass is 463 g/mol. The lowest BCUT2D eigenvalue weighted by atomic mass is 9.99. The first-order valence-electron chi connectivity index (χ1n) is 11.2. The van der Waals surface area contributed by atoms with Gasteiger partial charge in [-0.1, -0.05) is 54.6 Å². The van der Waals surface area contributed by atoms with Crippen LogP contribution in [0.5, 0.6) is 5.75 Å². The van der Waals surface area contributed by atoms with E-state index < -0.39 is 11.7 Å². The maximum Gasteiger partial charge on any atom is 0.416 e. The number of rotatable bonds is 5. The van der Waals surface area contributed by atoms with E-state index in [9.17, 15) is 13.2 Å². The first-order valence-corrected chi connectivity index (χ1v) is 11.2. The van der Waals surface area contributed by atoms with E-state index in [4.69, 9.17) is 9.15 Å². The molecule has 3 nitrogen and oxygen atoms in total. The predicted molar refractivity (Wildman–Crippen MR) is 128 cm³/mol.